The first-order chi connectivity index (χ1) is 10.0. The summed E-state index contributed by atoms with van der Waals surface area (Å²) in [6.45, 7) is 11.3. The lowest BCUT2D eigenvalue weighted by Crippen LogP contribution is -2.52. The van der Waals surface area contributed by atoms with Crippen LogP contribution in [0.1, 0.15) is 53.0 Å². The van der Waals surface area contributed by atoms with Crippen molar-refractivity contribution in [1.29, 1.82) is 0 Å². The van der Waals surface area contributed by atoms with Gasteiger partial charge in [-0.1, -0.05) is 0 Å². The standard InChI is InChI=1S/C16H26N2O3S/c1-11(12-7-8-22-9-12)13(19)18-16(5,6)10-17-14(20)21-15(2,3)4/h7-9,11H,10H2,1-6H3,(H,17,20)(H,18,19). The Morgan fingerprint density at radius 1 is 1.27 bits per heavy atom. The zero-order chi connectivity index (χ0) is 17.0. The van der Waals surface area contributed by atoms with E-state index in [1.54, 1.807) is 11.3 Å². The topological polar surface area (TPSA) is 67.4 Å². The molecule has 0 aliphatic rings. The Hall–Kier alpha value is -1.56. The number of alkyl carbamates (subject to hydrolysis) is 1. The highest BCUT2D eigenvalue weighted by Gasteiger charge is 2.26. The molecule has 0 aromatic carbocycles. The minimum Gasteiger partial charge on any atom is -0.444 e. The van der Waals surface area contributed by atoms with E-state index in [0.29, 0.717) is 6.54 Å². The van der Waals surface area contributed by atoms with Crippen molar-refractivity contribution >= 4 is 23.3 Å². The molecule has 1 aromatic heterocycles. The van der Waals surface area contributed by atoms with E-state index in [0.717, 1.165) is 5.56 Å². The third-order valence-corrected chi connectivity index (χ3v) is 3.67. The summed E-state index contributed by atoms with van der Waals surface area (Å²) >= 11 is 1.57. The maximum absolute atomic E-state index is 12.3. The summed E-state index contributed by atoms with van der Waals surface area (Å²) < 4.78 is 5.18. The van der Waals surface area contributed by atoms with Crippen LogP contribution in [0.4, 0.5) is 4.79 Å². The number of carbonyl (C=O) groups is 2. The van der Waals surface area contributed by atoms with E-state index in [-0.39, 0.29) is 11.8 Å². The zero-order valence-electron chi connectivity index (χ0n) is 14.1. The van der Waals surface area contributed by atoms with Crippen LogP contribution in [0, 0.1) is 0 Å². The molecule has 1 unspecified atom stereocenters. The molecule has 0 saturated carbocycles. The number of rotatable bonds is 5. The summed E-state index contributed by atoms with van der Waals surface area (Å²) in [5.74, 6) is -0.276. The average Bonchev–Trinajstić information content (AvgIpc) is 2.86. The van der Waals surface area contributed by atoms with Gasteiger partial charge in [-0.15, -0.1) is 0 Å². The smallest absolute Gasteiger partial charge is 0.407 e. The fourth-order valence-corrected chi connectivity index (χ4v) is 2.52. The van der Waals surface area contributed by atoms with Crippen LogP contribution in [-0.2, 0) is 9.53 Å². The second-order valence-electron chi connectivity index (χ2n) is 7.01. The van der Waals surface area contributed by atoms with Crippen LogP contribution in [0.3, 0.4) is 0 Å². The molecule has 1 aromatic rings. The predicted molar refractivity (Wildman–Crippen MR) is 89.2 cm³/mol. The van der Waals surface area contributed by atoms with Gasteiger partial charge < -0.3 is 15.4 Å². The molecule has 0 aliphatic carbocycles. The van der Waals surface area contributed by atoms with E-state index in [1.807, 2.05) is 58.4 Å². The Morgan fingerprint density at radius 2 is 1.91 bits per heavy atom. The van der Waals surface area contributed by atoms with Gasteiger partial charge in [-0.3, -0.25) is 4.79 Å². The van der Waals surface area contributed by atoms with Crippen LogP contribution < -0.4 is 10.6 Å². The number of hydrogen-bond donors (Lipinski definition) is 2. The minimum absolute atomic E-state index is 0.0608. The molecule has 0 aliphatic heterocycles. The van der Waals surface area contributed by atoms with Crippen molar-refractivity contribution in [2.45, 2.75) is 58.6 Å². The van der Waals surface area contributed by atoms with Crippen LogP contribution in [-0.4, -0.2) is 29.7 Å². The summed E-state index contributed by atoms with van der Waals surface area (Å²) in [5, 5.41) is 9.56. The quantitative estimate of drug-likeness (QED) is 0.872. The van der Waals surface area contributed by atoms with E-state index in [4.69, 9.17) is 4.74 Å². The molecule has 1 rings (SSSR count). The summed E-state index contributed by atoms with van der Waals surface area (Å²) in [4.78, 5) is 23.9. The third kappa shape index (κ3) is 6.47. The number of hydrogen-bond acceptors (Lipinski definition) is 4. The van der Waals surface area contributed by atoms with E-state index in [1.165, 1.54) is 0 Å². The second-order valence-corrected chi connectivity index (χ2v) is 7.79. The number of thiophene rings is 1. The van der Waals surface area contributed by atoms with Gasteiger partial charge in [-0.2, -0.15) is 11.3 Å². The highest BCUT2D eigenvalue weighted by atomic mass is 32.1. The zero-order valence-corrected chi connectivity index (χ0v) is 15.0. The van der Waals surface area contributed by atoms with Crippen LogP contribution in [0.25, 0.3) is 0 Å². The van der Waals surface area contributed by atoms with E-state index in [9.17, 15) is 9.59 Å². The SMILES string of the molecule is CC(C(=O)NC(C)(C)CNC(=O)OC(C)(C)C)c1ccsc1. The summed E-state index contributed by atoms with van der Waals surface area (Å²) in [6.07, 6.45) is -0.485. The van der Waals surface area contributed by atoms with Gasteiger partial charge in [0, 0.05) is 6.54 Å². The Morgan fingerprint density at radius 3 is 2.41 bits per heavy atom. The number of ether oxygens (including phenoxy) is 1. The Bertz CT molecular complexity index is 504. The molecule has 2 N–H and O–H groups in total. The van der Waals surface area contributed by atoms with Crippen LogP contribution in [0.15, 0.2) is 16.8 Å². The number of amides is 2. The van der Waals surface area contributed by atoms with Gasteiger partial charge in [0.15, 0.2) is 0 Å². The molecule has 22 heavy (non-hydrogen) atoms. The van der Waals surface area contributed by atoms with Gasteiger partial charge in [0.1, 0.15) is 5.60 Å². The van der Waals surface area contributed by atoms with Crippen molar-refractivity contribution in [3.05, 3.63) is 22.4 Å². The van der Waals surface area contributed by atoms with Gasteiger partial charge in [0.2, 0.25) is 5.91 Å². The molecule has 2 amide bonds. The first kappa shape index (κ1) is 18.5. The lowest BCUT2D eigenvalue weighted by atomic mass is 10.00. The van der Waals surface area contributed by atoms with Crippen LogP contribution in [0.2, 0.25) is 0 Å². The average molecular weight is 326 g/mol. The lowest BCUT2D eigenvalue weighted by Gasteiger charge is -2.29. The molecule has 6 heteroatoms. The Labute approximate surface area is 136 Å². The maximum Gasteiger partial charge on any atom is 0.407 e. The Kier molecular flexibility index (Phi) is 6.00. The summed E-state index contributed by atoms with van der Waals surface area (Å²) in [6, 6.07) is 1.95. The third-order valence-electron chi connectivity index (χ3n) is 2.97. The first-order valence-electron chi connectivity index (χ1n) is 7.31. The molecule has 0 radical (unpaired) electrons. The van der Waals surface area contributed by atoms with E-state index in [2.05, 4.69) is 10.6 Å². The van der Waals surface area contributed by atoms with Gasteiger partial charge in [0.25, 0.3) is 0 Å². The monoisotopic (exact) mass is 326 g/mol. The first-order valence-corrected chi connectivity index (χ1v) is 8.25. The van der Waals surface area contributed by atoms with Crippen molar-refractivity contribution in [1.82, 2.24) is 10.6 Å². The molecule has 1 atom stereocenters. The highest BCUT2D eigenvalue weighted by molar-refractivity contribution is 7.08. The molecule has 0 spiro atoms. The van der Waals surface area contributed by atoms with Crippen molar-refractivity contribution in [3.63, 3.8) is 0 Å². The van der Waals surface area contributed by atoms with Gasteiger partial charge in [-0.05, 0) is 63.9 Å². The molecule has 124 valence electrons. The van der Waals surface area contributed by atoms with E-state index >= 15 is 0 Å². The van der Waals surface area contributed by atoms with Gasteiger partial charge in [-0.25, -0.2) is 4.79 Å². The highest BCUT2D eigenvalue weighted by Crippen LogP contribution is 2.19. The van der Waals surface area contributed by atoms with Crippen molar-refractivity contribution in [2.75, 3.05) is 6.54 Å². The largest absolute Gasteiger partial charge is 0.444 e. The summed E-state index contributed by atoms with van der Waals surface area (Å²) in [5.41, 5.74) is -0.0955. The minimum atomic E-state index is -0.557. The molecule has 0 saturated heterocycles. The van der Waals surface area contributed by atoms with E-state index < -0.39 is 17.2 Å². The Balaban J connectivity index is 2.49. The molecule has 5 nitrogen and oxygen atoms in total. The van der Waals surface area contributed by atoms with Crippen molar-refractivity contribution in [3.8, 4) is 0 Å². The van der Waals surface area contributed by atoms with Gasteiger partial charge >= 0.3 is 6.09 Å². The predicted octanol–water partition coefficient (Wildman–Crippen LogP) is 3.27. The van der Waals surface area contributed by atoms with Crippen molar-refractivity contribution in [2.24, 2.45) is 0 Å². The van der Waals surface area contributed by atoms with Crippen LogP contribution >= 0.6 is 11.3 Å². The number of nitrogens with one attached hydrogen (secondary N) is 2. The van der Waals surface area contributed by atoms with Crippen molar-refractivity contribution < 1.29 is 14.3 Å². The fourth-order valence-electron chi connectivity index (χ4n) is 1.77. The summed E-state index contributed by atoms with van der Waals surface area (Å²) in [7, 11) is 0. The van der Waals surface area contributed by atoms with Gasteiger partial charge in [0.05, 0.1) is 11.5 Å². The fraction of sp³-hybridized carbons (Fsp3) is 0.625. The lowest BCUT2D eigenvalue weighted by molar-refractivity contribution is -0.123. The molecule has 0 bridgehead atoms. The normalized spacial score (nSPS) is 13.4. The molecular weight excluding hydrogens is 300 g/mol. The molecular formula is C16H26N2O3S. The number of carbonyl (C=O) groups excluding carboxylic acids is 2. The second kappa shape index (κ2) is 7.13. The van der Waals surface area contributed by atoms with Crippen LogP contribution in [0.5, 0.6) is 0 Å². The molecule has 0 fully saturated rings. The molecule has 1 heterocycles. The maximum atomic E-state index is 12.3.